The molecule has 6 heteroatoms. The Balaban J connectivity index is 0.000000713. The van der Waals surface area contributed by atoms with Gasteiger partial charge in [0.15, 0.2) is 0 Å². The summed E-state index contributed by atoms with van der Waals surface area (Å²) in [5, 5.41) is 4.20. The van der Waals surface area contributed by atoms with Crippen molar-refractivity contribution in [2.24, 2.45) is 5.73 Å². The summed E-state index contributed by atoms with van der Waals surface area (Å²) >= 11 is 0. The lowest BCUT2D eigenvalue weighted by molar-refractivity contribution is 0.0600. The Morgan fingerprint density at radius 1 is 0.852 bits per heavy atom. The minimum Gasteiger partial charge on any atom is -0.444 e. The molecule has 1 rings (SSSR count). The predicted molar refractivity (Wildman–Crippen MR) is 125 cm³/mol. The van der Waals surface area contributed by atoms with Gasteiger partial charge in [0, 0.05) is 11.3 Å². The van der Waals surface area contributed by atoms with Crippen molar-refractivity contribution in [1.82, 2.24) is 5.32 Å². The van der Waals surface area contributed by atoms with Crippen molar-refractivity contribution in [2.75, 3.05) is 0 Å². The highest BCUT2D eigenvalue weighted by atomic mass is 28.3. The normalized spacial score (nSPS) is 20.8. The molecule has 0 bridgehead atoms. The number of hydrogen-bond acceptors (Lipinski definition) is 3. The molecular formula is C21H48N2O2Si2. The first kappa shape index (κ1) is 26.7. The van der Waals surface area contributed by atoms with E-state index in [1.807, 2.05) is 0 Å². The van der Waals surface area contributed by atoms with Crippen LogP contribution in [0, 0.1) is 0 Å². The number of carbonyl (C=O) groups is 1. The van der Waals surface area contributed by atoms with Gasteiger partial charge in [-0.25, -0.2) is 4.79 Å². The third kappa shape index (κ3) is 7.54. The number of primary amides is 1. The van der Waals surface area contributed by atoms with E-state index < -0.39 is 27.8 Å². The molecule has 0 saturated carbocycles. The molecule has 1 aliphatic rings. The van der Waals surface area contributed by atoms with Crippen molar-refractivity contribution in [2.45, 2.75) is 128 Å². The zero-order valence-electron chi connectivity index (χ0n) is 19.7. The quantitative estimate of drug-likeness (QED) is 0.471. The molecule has 1 amide bonds. The van der Waals surface area contributed by atoms with Gasteiger partial charge in [-0.05, 0) is 33.6 Å². The van der Waals surface area contributed by atoms with Gasteiger partial charge >= 0.3 is 6.09 Å². The van der Waals surface area contributed by atoms with E-state index >= 15 is 0 Å². The largest absolute Gasteiger partial charge is 0.444 e. The number of ether oxygens (including phenoxy) is 1. The van der Waals surface area contributed by atoms with E-state index in [1.54, 1.807) is 20.8 Å². The van der Waals surface area contributed by atoms with Crippen molar-refractivity contribution in [1.29, 1.82) is 0 Å². The van der Waals surface area contributed by atoms with E-state index in [1.165, 1.54) is 49.1 Å². The van der Waals surface area contributed by atoms with Gasteiger partial charge in [-0.15, -0.1) is 0 Å². The van der Waals surface area contributed by atoms with Crippen LogP contribution in [0.15, 0.2) is 0 Å². The number of nitrogens with two attached hydrogens (primary N) is 1. The maximum atomic E-state index is 10.0. The number of amides is 1. The van der Waals surface area contributed by atoms with Crippen LogP contribution in [0.4, 0.5) is 4.79 Å². The molecule has 1 fully saturated rings. The molecule has 4 nitrogen and oxygen atoms in total. The Hall–Kier alpha value is -0.336. The Morgan fingerprint density at radius 3 is 1.30 bits per heavy atom. The Labute approximate surface area is 171 Å². The first-order valence-corrected chi connectivity index (χ1v) is 16.6. The third-order valence-corrected chi connectivity index (χ3v) is 19.6. The smallest absolute Gasteiger partial charge is 0.405 e. The van der Waals surface area contributed by atoms with Crippen LogP contribution in [0.5, 0.6) is 0 Å². The zero-order chi connectivity index (χ0) is 21.3. The van der Waals surface area contributed by atoms with Crippen LogP contribution in [0.25, 0.3) is 0 Å². The molecule has 0 aromatic heterocycles. The molecule has 1 heterocycles. The van der Waals surface area contributed by atoms with Crippen LogP contribution < -0.4 is 11.1 Å². The molecule has 162 valence electrons. The van der Waals surface area contributed by atoms with E-state index in [0.29, 0.717) is 0 Å². The molecule has 0 aromatic carbocycles. The van der Waals surface area contributed by atoms with Crippen molar-refractivity contribution < 1.29 is 9.53 Å². The highest BCUT2D eigenvalue weighted by molar-refractivity contribution is 6.83. The van der Waals surface area contributed by atoms with Crippen LogP contribution >= 0.6 is 0 Å². The van der Waals surface area contributed by atoms with E-state index in [0.717, 1.165) is 11.3 Å². The van der Waals surface area contributed by atoms with Gasteiger partial charge in [-0.2, -0.15) is 0 Å². The second-order valence-corrected chi connectivity index (χ2v) is 20.3. The van der Waals surface area contributed by atoms with Gasteiger partial charge < -0.3 is 15.8 Å². The topological polar surface area (TPSA) is 64.3 Å². The second-order valence-electron chi connectivity index (χ2n) is 9.23. The number of hydrogen-bond donors (Lipinski definition) is 2. The van der Waals surface area contributed by atoms with E-state index in [2.05, 4.69) is 51.6 Å². The van der Waals surface area contributed by atoms with E-state index in [9.17, 15) is 4.79 Å². The van der Waals surface area contributed by atoms with Crippen LogP contribution in [0.3, 0.4) is 0 Å². The number of carbonyl (C=O) groups excluding carboxylic acids is 1. The number of rotatable bonds is 8. The fourth-order valence-electron chi connectivity index (χ4n) is 4.99. The Kier molecular flexibility index (Phi) is 11.5. The average molecular weight is 417 g/mol. The molecule has 0 spiro atoms. The number of nitrogens with one attached hydrogen (secondary N) is 1. The van der Waals surface area contributed by atoms with Crippen LogP contribution in [-0.4, -0.2) is 39.2 Å². The van der Waals surface area contributed by atoms with E-state index in [-0.39, 0.29) is 0 Å². The van der Waals surface area contributed by atoms with Crippen LogP contribution in [-0.2, 0) is 4.74 Å². The summed E-state index contributed by atoms with van der Waals surface area (Å²) in [6.07, 6.45) is 2.25. The highest BCUT2D eigenvalue weighted by Gasteiger charge is 2.46. The minimum atomic E-state index is -1.03. The maximum absolute atomic E-state index is 10.0. The maximum Gasteiger partial charge on any atom is 0.405 e. The van der Waals surface area contributed by atoms with Crippen molar-refractivity contribution >= 4 is 22.2 Å². The average Bonchev–Trinajstić information content (AvgIpc) is 3.09. The van der Waals surface area contributed by atoms with Crippen LogP contribution in [0.1, 0.15) is 75.2 Å². The second kappa shape index (κ2) is 11.6. The van der Waals surface area contributed by atoms with Gasteiger partial charge in [0.25, 0.3) is 0 Å². The molecule has 1 saturated heterocycles. The first-order chi connectivity index (χ1) is 12.5. The lowest BCUT2D eigenvalue weighted by Crippen LogP contribution is -2.58. The Morgan fingerprint density at radius 2 is 1.15 bits per heavy atom. The zero-order valence-corrected chi connectivity index (χ0v) is 21.7. The fourth-order valence-corrected chi connectivity index (χ4v) is 13.8. The van der Waals surface area contributed by atoms with E-state index in [4.69, 9.17) is 5.73 Å². The molecular weight excluding hydrogens is 368 g/mol. The molecule has 0 radical (unpaired) electrons. The molecule has 27 heavy (non-hydrogen) atoms. The van der Waals surface area contributed by atoms with Crippen molar-refractivity contribution in [3.8, 4) is 0 Å². The standard InChI is InChI=1S/C16H37NSi2.C5H11NO2/c1-7-18(8-2,9-3)15-13-14-16(17-15)19(10-4,11-5)12-6;1-5(2,3)8-4(6)7/h15-17H,7-14H2,1-6H3;1-3H3,(H2,6,7). The molecule has 2 unspecified atom stereocenters. The monoisotopic (exact) mass is 416 g/mol. The van der Waals surface area contributed by atoms with Crippen molar-refractivity contribution in [3.63, 3.8) is 0 Å². The summed E-state index contributed by atoms with van der Waals surface area (Å²) < 4.78 is 4.58. The lowest BCUT2D eigenvalue weighted by Gasteiger charge is -2.39. The Bertz CT molecular complexity index is 388. The minimum absolute atomic E-state index is 0.453. The molecule has 0 aromatic rings. The molecule has 0 aliphatic carbocycles. The van der Waals surface area contributed by atoms with Crippen LogP contribution in [0.2, 0.25) is 36.3 Å². The third-order valence-electron chi connectivity index (χ3n) is 7.26. The first-order valence-electron chi connectivity index (χ1n) is 11.2. The van der Waals surface area contributed by atoms with Gasteiger partial charge in [0.1, 0.15) is 5.60 Å². The van der Waals surface area contributed by atoms with Gasteiger partial charge in [-0.3, -0.25) is 0 Å². The summed E-state index contributed by atoms with van der Waals surface area (Å²) in [7, 11) is -2.06. The predicted octanol–water partition coefficient (Wildman–Crippen LogP) is 6.08. The summed E-state index contributed by atoms with van der Waals surface area (Å²) in [5.41, 5.74) is 6.11. The highest BCUT2D eigenvalue weighted by Crippen LogP contribution is 2.36. The molecule has 2 atom stereocenters. The fraction of sp³-hybridized carbons (Fsp3) is 0.952. The SMILES string of the molecule is CC(C)(C)OC(N)=O.CC[Si](CC)(CC)C1CCC([Si](CC)(CC)CC)N1. The summed E-state index contributed by atoms with van der Waals surface area (Å²) in [5.74, 6) is 0. The summed E-state index contributed by atoms with van der Waals surface area (Å²) in [4.78, 5) is 10.0. The van der Waals surface area contributed by atoms with Gasteiger partial charge in [0.2, 0.25) is 0 Å². The molecule has 1 aliphatic heterocycles. The van der Waals surface area contributed by atoms with Crippen molar-refractivity contribution in [3.05, 3.63) is 0 Å². The van der Waals surface area contributed by atoms with Gasteiger partial charge in [0.05, 0.1) is 16.1 Å². The molecule has 3 N–H and O–H groups in total. The summed E-state index contributed by atoms with van der Waals surface area (Å²) in [6.45, 7) is 20.0. The summed E-state index contributed by atoms with van der Waals surface area (Å²) in [6, 6.07) is 8.85. The van der Waals surface area contributed by atoms with Gasteiger partial charge in [-0.1, -0.05) is 77.8 Å². The lowest BCUT2D eigenvalue weighted by atomic mass is 10.2.